The molecule has 7 heteroatoms. The summed E-state index contributed by atoms with van der Waals surface area (Å²) in [4.78, 5) is 34.3. The summed E-state index contributed by atoms with van der Waals surface area (Å²) < 4.78 is 4.37. The summed E-state index contributed by atoms with van der Waals surface area (Å²) in [7, 11) is 1.22. The van der Waals surface area contributed by atoms with E-state index in [9.17, 15) is 14.4 Å². The first-order valence-corrected chi connectivity index (χ1v) is 5.24. The van der Waals surface area contributed by atoms with Gasteiger partial charge in [0.05, 0.1) is 13.0 Å². The van der Waals surface area contributed by atoms with Gasteiger partial charge in [0.15, 0.2) is 0 Å². The van der Waals surface area contributed by atoms with Crippen LogP contribution in [0.25, 0.3) is 0 Å². The molecule has 1 atom stereocenters. The number of carbonyl (C=O) groups is 3. The standard InChI is InChI=1S/C10H18N2O5/c1-4-12(6-7(2)9(14)15)10(16)11-5-8(13)17-3/h7H,4-6H2,1-3H3,(H,11,16)(H,14,15). The molecule has 0 aromatic carbocycles. The minimum atomic E-state index is -0.968. The van der Waals surface area contributed by atoms with Gasteiger partial charge < -0.3 is 20.1 Å². The molecule has 0 radical (unpaired) electrons. The molecular weight excluding hydrogens is 228 g/mol. The van der Waals surface area contributed by atoms with Crippen molar-refractivity contribution in [2.45, 2.75) is 13.8 Å². The van der Waals surface area contributed by atoms with E-state index in [2.05, 4.69) is 10.1 Å². The van der Waals surface area contributed by atoms with Gasteiger partial charge in [-0.15, -0.1) is 0 Å². The Morgan fingerprint density at radius 2 is 2.00 bits per heavy atom. The molecule has 0 aliphatic rings. The number of ether oxygens (including phenoxy) is 1. The number of urea groups is 1. The summed E-state index contributed by atoms with van der Waals surface area (Å²) in [6.07, 6.45) is 0. The van der Waals surface area contributed by atoms with Crippen molar-refractivity contribution >= 4 is 18.0 Å². The summed E-state index contributed by atoms with van der Waals surface area (Å²) in [6, 6.07) is -0.481. The molecule has 0 aliphatic carbocycles. The molecule has 2 amide bonds. The molecule has 0 fully saturated rings. The number of esters is 1. The molecule has 1 unspecified atom stereocenters. The number of carboxylic acids is 1. The second-order valence-electron chi connectivity index (χ2n) is 3.51. The molecule has 0 heterocycles. The number of hydrogen-bond acceptors (Lipinski definition) is 4. The quantitative estimate of drug-likeness (QED) is 0.639. The molecule has 0 bridgehead atoms. The fourth-order valence-electron chi connectivity index (χ4n) is 1.10. The number of nitrogens with one attached hydrogen (secondary N) is 1. The minimum Gasteiger partial charge on any atom is -0.481 e. The van der Waals surface area contributed by atoms with Crippen LogP contribution in [0.15, 0.2) is 0 Å². The van der Waals surface area contributed by atoms with Gasteiger partial charge in [-0.25, -0.2) is 4.79 Å². The molecule has 0 aliphatic heterocycles. The Labute approximate surface area is 99.7 Å². The molecule has 17 heavy (non-hydrogen) atoms. The Hall–Kier alpha value is -1.79. The van der Waals surface area contributed by atoms with Gasteiger partial charge in [-0.3, -0.25) is 9.59 Å². The molecular formula is C10H18N2O5. The molecule has 2 N–H and O–H groups in total. The van der Waals surface area contributed by atoms with E-state index in [0.717, 1.165) is 0 Å². The van der Waals surface area contributed by atoms with Crippen molar-refractivity contribution in [3.8, 4) is 0 Å². The molecule has 7 nitrogen and oxygen atoms in total. The summed E-state index contributed by atoms with van der Waals surface area (Å²) in [5, 5.41) is 11.1. The fourth-order valence-corrected chi connectivity index (χ4v) is 1.10. The van der Waals surface area contributed by atoms with E-state index >= 15 is 0 Å². The first kappa shape index (κ1) is 15.2. The zero-order chi connectivity index (χ0) is 13.4. The van der Waals surface area contributed by atoms with Gasteiger partial charge >= 0.3 is 18.0 Å². The maximum absolute atomic E-state index is 11.6. The zero-order valence-electron chi connectivity index (χ0n) is 10.2. The van der Waals surface area contributed by atoms with Crippen LogP contribution in [0, 0.1) is 5.92 Å². The SMILES string of the molecule is CCN(CC(C)C(=O)O)C(=O)NCC(=O)OC. The summed E-state index contributed by atoms with van der Waals surface area (Å²) in [5.74, 6) is -2.18. The van der Waals surface area contributed by atoms with Crippen molar-refractivity contribution in [1.82, 2.24) is 10.2 Å². The van der Waals surface area contributed by atoms with Crippen molar-refractivity contribution in [2.75, 3.05) is 26.7 Å². The lowest BCUT2D eigenvalue weighted by molar-refractivity contribution is -0.142. The van der Waals surface area contributed by atoms with Crippen LogP contribution in [0.2, 0.25) is 0 Å². The lowest BCUT2D eigenvalue weighted by Gasteiger charge is -2.22. The number of hydrogen-bond donors (Lipinski definition) is 2. The second-order valence-corrected chi connectivity index (χ2v) is 3.51. The molecule has 98 valence electrons. The predicted octanol–water partition coefficient (Wildman–Crippen LogP) is -0.0884. The lowest BCUT2D eigenvalue weighted by Crippen LogP contribution is -2.44. The smallest absolute Gasteiger partial charge is 0.325 e. The first-order chi connectivity index (χ1) is 7.92. The number of nitrogens with zero attached hydrogens (tertiary/aromatic N) is 1. The second kappa shape index (κ2) is 7.48. The van der Waals surface area contributed by atoms with Crippen LogP contribution in [-0.2, 0) is 14.3 Å². The van der Waals surface area contributed by atoms with E-state index < -0.39 is 23.9 Å². The Balaban J connectivity index is 4.21. The number of rotatable bonds is 6. The number of carbonyl (C=O) groups excluding carboxylic acids is 2. The van der Waals surface area contributed by atoms with E-state index in [1.807, 2.05) is 0 Å². The fraction of sp³-hybridized carbons (Fsp3) is 0.700. The van der Waals surface area contributed by atoms with Gasteiger partial charge in [0.25, 0.3) is 0 Å². The van der Waals surface area contributed by atoms with Gasteiger partial charge in [0.2, 0.25) is 0 Å². The maximum Gasteiger partial charge on any atom is 0.325 e. The third-order valence-corrected chi connectivity index (χ3v) is 2.20. The van der Waals surface area contributed by atoms with Crippen molar-refractivity contribution < 1.29 is 24.2 Å². The molecule has 0 spiro atoms. The van der Waals surface area contributed by atoms with Crippen LogP contribution < -0.4 is 5.32 Å². The monoisotopic (exact) mass is 246 g/mol. The highest BCUT2D eigenvalue weighted by Gasteiger charge is 2.19. The van der Waals surface area contributed by atoms with Gasteiger partial charge in [-0.2, -0.15) is 0 Å². The highest BCUT2D eigenvalue weighted by Crippen LogP contribution is 2.00. The van der Waals surface area contributed by atoms with Gasteiger partial charge in [0.1, 0.15) is 6.54 Å². The Kier molecular flexibility index (Phi) is 6.69. The number of methoxy groups -OCH3 is 1. The van der Waals surface area contributed by atoms with Crippen molar-refractivity contribution in [1.29, 1.82) is 0 Å². The topological polar surface area (TPSA) is 95.9 Å². The largest absolute Gasteiger partial charge is 0.481 e. The summed E-state index contributed by atoms with van der Waals surface area (Å²) >= 11 is 0. The van der Waals surface area contributed by atoms with Gasteiger partial charge in [-0.05, 0) is 6.92 Å². The molecule has 0 aromatic heterocycles. The van der Waals surface area contributed by atoms with Crippen LogP contribution in [0.5, 0.6) is 0 Å². The Morgan fingerprint density at radius 1 is 1.41 bits per heavy atom. The molecule has 0 saturated carbocycles. The van der Waals surface area contributed by atoms with E-state index in [1.165, 1.54) is 18.9 Å². The number of amides is 2. The van der Waals surface area contributed by atoms with E-state index in [0.29, 0.717) is 6.54 Å². The van der Waals surface area contributed by atoms with Gasteiger partial charge in [-0.1, -0.05) is 6.92 Å². The normalized spacial score (nSPS) is 11.5. The van der Waals surface area contributed by atoms with Crippen LogP contribution in [-0.4, -0.2) is 54.7 Å². The Morgan fingerprint density at radius 3 is 2.41 bits per heavy atom. The Bertz CT molecular complexity index is 292. The van der Waals surface area contributed by atoms with Crippen LogP contribution >= 0.6 is 0 Å². The van der Waals surface area contributed by atoms with Crippen molar-refractivity contribution in [3.63, 3.8) is 0 Å². The minimum absolute atomic E-state index is 0.0961. The van der Waals surface area contributed by atoms with Crippen molar-refractivity contribution in [2.24, 2.45) is 5.92 Å². The van der Waals surface area contributed by atoms with E-state index in [-0.39, 0.29) is 13.1 Å². The first-order valence-electron chi connectivity index (χ1n) is 5.24. The summed E-state index contributed by atoms with van der Waals surface area (Å²) in [5.41, 5.74) is 0. The highest BCUT2D eigenvalue weighted by atomic mass is 16.5. The van der Waals surface area contributed by atoms with Crippen LogP contribution in [0.4, 0.5) is 4.79 Å². The lowest BCUT2D eigenvalue weighted by atomic mass is 10.2. The molecule has 0 aromatic rings. The predicted molar refractivity (Wildman–Crippen MR) is 59.5 cm³/mol. The third kappa shape index (κ3) is 5.74. The highest BCUT2D eigenvalue weighted by molar-refractivity contribution is 5.81. The zero-order valence-corrected chi connectivity index (χ0v) is 10.2. The summed E-state index contributed by atoms with van der Waals surface area (Å²) in [6.45, 7) is 3.47. The molecule has 0 saturated heterocycles. The third-order valence-electron chi connectivity index (χ3n) is 2.20. The average Bonchev–Trinajstić information content (AvgIpc) is 2.31. The molecule has 0 rings (SSSR count). The van der Waals surface area contributed by atoms with E-state index in [4.69, 9.17) is 5.11 Å². The average molecular weight is 246 g/mol. The number of aliphatic carboxylic acids is 1. The number of carboxylic acid groups (broad SMARTS) is 1. The van der Waals surface area contributed by atoms with Gasteiger partial charge in [0, 0.05) is 13.1 Å². The maximum atomic E-state index is 11.6. The van der Waals surface area contributed by atoms with E-state index in [1.54, 1.807) is 6.92 Å². The van der Waals surface area contributed by atoms with Crippen LogP contribution in [0.3, 0.4) is 0 Å². The van der Waals surface area contributed by atoms with Crippen molar-refractivity contribution in [3.05, 3.63) is 0 Å². The van der Waals surface area contributed by atoms with Crippen LogP contribution in [0.1, 0.15) is 13.8 Å².